The van der Waals surface area contributed by atoms with Crippen molar-refractivity contribution in [3.63, 3.8) is 0 Å². The predicted octanol–water partition coefficient (Wildman–Crippen LogP) is 3.49. The van der Waals surface area contributed by atoms with Crippen molar-refractivity contribution in [3.05, 3.63) is 36.0 Å². The number of aromatic nitrogens is 1. The van der Waals surface area contributed by atoms with Gasteiger partial charge in [0.25, 0.3) is 0 Å². The molecule has 0 aliphatic rings. The Kier molecular flexibility index (Phi) is 6.44. The molecule has 0 saturated heterocycles. The fourth-order valence-electron chi connectivity index (χ4n) is 1.88. The van der Waals surface area contributed by atoms with Crippen molar-refractivity contribution in [1.29, 1.82) is 0 Å². The van der Waals surface area contributed by atoms with E-state index in [0.717, 1.165) is 31.4 Å². The second kappa shape index (κ2) is 7.88. The van der Waals surface area contributed by atoms with Gasteiger partial charge in [0.15, 0.2) is 0 Å². The van der Waals surface area contributed by atoms with E-state index in [-0.39, 0.29) is 6.04 Å². The molecule has 0 saturated carbocycles. The van der Waals surface area contributed by atoms with E-state index in [0.29, 0.717) is 5.88 Å². The first-order chi connectivity index (χ1) is 8.72. The summed E-state index contributed by atoms with van der Waals surface area (Å²) in [6.45, 7) is 9.39. The van der Waals surface area contributed by atoms with Crippen LogP contribution in [-0.4, -0.2) is 18.6 Å². The molecule has 1 atom stereocenters. The van der Waals surface area contributed by atoms with Crippen LogP contribution in [0.5, 0.6) is 5.88 Å². The molecule has 0 radical (unpaired) electrons. The summed E-state index contributed by atoms with van der Waals surface area (Å²) in [7, 11) is 1.66. The Labute approximate surface area is 110 Å². The van der Waals surface area contributed by atoms with Crippen LogP contribution >= 0.6 is 0 Å². The summed E-state index contributed by atoms with van der Waals surface area (Å²) in [5, 5.41) is 3.54. The quantitative estimate of drug-likeness (QED) is 0.715. The Morgan fingerprint density at radius 1 is 1.50 bits per heavy atom. The number of hydrogen-bond acceptors (Lipinski definition) is 3. The summed E-state index contributed by atoms with van der Waals surface area (Å²) >= 11 is 0. The number of hydrogen-bond donors (Lipinski definition) is 1. The summed E-state index contributed by atoms with van der Waals surface area (Å²) in [4.78, 5) is 4.27. The standard InChI is InChI=1S/C15H24N2O/c1-5-9-16-14(11-12(3)6-2)13-8-7-10-17-15(13)18-4/h7-8,10,14,16H,3,5-6,9,11H2,1-2,4H3. The van der Waals surface area contributed by atoms with E-state index in [4.69, 9.17) is 4.74 Å². The molecule has 0 aromatic carbocycles. The fraction of sp³-hybridized carbons (Fsp3) is 0.533. The molecular formula is C15H24N2O. The molecule has 100 valence electrons. The molecule has 1 heterocycles. The molecule has 1 aromatic rings. The molecule has 3 heteroatoms. The van der Waals surface area contributed by atoms with Crippen molar-refractivity contribution in [2.24, 2.45) is 0 Å². The van der Waals surface area contributed by atoms with Gasteiger partial charge in [-0.15, -0.1) is 0 Å². The third-order valence-corrected chi connectivity index (χ3v) is 3.00. The van der Waals surface area contributed by atoms with E-state index < -0.39 is 0 Å². The smallest absolute Gasteiger partial charge is 0.217 e. The van der Waals surface area contributed by atoms with Crippen LogP contribution in [0.1, 0.15) is 44.7 Å². The molecule has 0 fully saturated rings. The Morgan fingerprint density at radius 3 is 2.89 bits per heavy atom. The van der Waals surface area contributed by atoms with Crippen molar-refractivity contribution in [3.8, 4) is 5.88 Å². The second-order valence-electron chi connectivity index (χ2n) is 4.42. The molecule has 0 aliphatic heterocycles. The molecule has 1 aromatic heterocycles. The number of methoxy groups -OCH3 is 1. The van der Waals surface area contributed by atoms with Crippen LogP contribution < -0.4 is 10.1 Å². The van der Waals surface area contributed by atoms with E-state index in [2.05, 4.69) is 36.8 Å². The lowest BCUT2D eigenvalue weighted by atomic mass is 9.99. The fourth-order valence-corrected chi connectivity index (χ4v) is 1.88. The van der Waals surface area contributed by atoms with Crippen LogP contribution in [0.2, 0.25) is 0 Å². The van der Waals surface area contributed by atoms with Crippen molar-refractivity contribution in [2.75, 3.05) is 13.7 Å². The van der Waals surface area contributed by atoms with Gasteiger partial charge in [0.1, 0.15) is 0 Å². The molecule has 1 unspecified atom stereocenters. The molecule has 0 bridgehead atoms. The zero-order valence-electron chi connectivity index (χ0n) is 11.7. The number of ether oxygens (including phenoxy) is 1. The van der Waals surface area contributed by atoms with Gasteiger partial charge in [-0.3, -0.25) is 0 Å². The Balaban J connectivity index is 2.89. The van der Waals surface area contributed by atoms with Gasteiger partial charge >= 0.3 is 0 Å². The maximum absolute atomic E-state index is 5.34. The van der Waals surface area contributed by atoms with Crippen LogP contribution in [0.4, 0.5) is 0 Å². The third kappa shape index (κ3) is 4.15. The number of nitrogens with zero attached hydrogens (tertiary/aromatic N) is 1. The summed E-state index contributed by atoms with van der Waals surface area (Å²) in [6.07, 6.45) is 4.80. The van der Waals surface area contributed by atoms with Gasteiger partial charge in [0.2, 0.25) is 5.88 Å². The van der Waals surface area contributed by atoms with Crippen molar-refractivity contribution >= 4 is 0 Å². The molecule has 0 amide bonds. The van der Waals surface area contributed by atoms with Crippen LogP contribution in [0, 0.1) is 0 Å². The molecule has 0 spiro atoms. The summed E-state index contributed by atoms with van der Waals surface area (Å²) < 4.78 is 5.34. The summed E-state index contributed by atoms with van der Waals surface area (Å²) in [5.74, 6) is 0.704. The maximum atomic E-state index is 5.34. The van der Waals surface area contributed by atoms with Gasteiger partial charge in [0, 0.05) is 17.8 Å². The first kappa shape index (κ1) is 14.7. The molecular weight excluding hydrogens is 224 g/mol. The average Bonchev–Trinajstić information content (AvgIpc) is 2.43. The second-order valence-corrected chi connectivity index (χ2v) is 4.42. The molecule has 18 heavy (non-hydrogen) atoms. The molecule has 0 aliphatic carbocycles. The molecule has 1 rings (SSSR count). The number of nitrogens with one attached hydrogen (secondary N) is 1. The van der Waals surface area contributed by atoms with Gasteiger partial charge in [-0.25, -0.2) is 4.98 Å². The van der Waals surface area contributed by atoms with Crippen LogP contribution in [0.3, 0.4) is 0 Å². The summed E-state index contributed by atoms with van der Waals surface area (Å²) in [5.41, 5.74) is 2.36. The van der Waals surface area contributed by atoms with Gasteiger partial charge in [-0.2, -0.15) is 0 Å². The highest BCUT2D eigenvalue weighted by molar-refractivity contribution is 5.30. The SMILES string of the molecule is C=C(CC)CC(NCCC)c1cccnc1OC. The lowest BCUT2D eigenvalue weighted by molar-refractivity contribution is 0.381. The molecule has 1 N–H and O–H groups in total. The van der Waals surface area contributed by atoms with Gasteiger partial charge in [0.05, 0.1) is 7.11 Å². The average molecular weight is 248 g/mol. The lowest BCUT2D eigenvalue weighted by Gasteiger charge is -2.21. The topological polar surface area (TPSA) is 34.2 Å². The van der Waals surface area contributed by atoms with Gasteiger partial charge in [-0.1, -0.05) is 32.1 Å². The van der Waals surface area contributed by atoms with E-state index in [1.54, 1.807) is 13.3 Å². The van der Waals surface area contributed by atoms with E-state index >= 15 is 0 Å². The minimum Gasteiger partial charge on any atom is -0.481 e. The largest absolute Gasteiger partial charge is 0.481 e. The highest BCUT2D eigenvalue weighted by Gasteiger charge is 2.16. The van der Waals surface area contributed by atoms with Gasteiger partial charge < -0.3 is 10.1 Å². The normalized spacial score (nSPS) is 12.2. The monoisotopic (exact) mass is 248 g/mol. The van der Waals surface area contributed by atoms with Crippen LogP contribution in [0.15, 0.2) is 30.5 Å². The van der Waals surface area contributed by atoms with Crippen molar-refractivity contribution in [2.45, 2.75) is 39.2 Å². The van der Waals surface area contributed by atoms with Crippen LogP contribution in [-0.2, 0) is 0 Å². The highest BCUT2D eigenvalue weighted by atomic mass is 16.5. The first-order valence-corrected chi connectivity index (χ1v) is 6.61. The highest BCUT2D eigenvalue weighted by Crippen LogP contribution is 2.27. The summed E-state index contributed by atoms with van der Waals surface area (Å²) in [6, 6.07) is 4.26. The lowest BCUT2D eigenvalue weighted by Crippen LogP contribution is -2.23. The number of pyridine rings is 1. The zero-order chi connectivity index (χ0) is 13.4. The Morgan fingerprint density at radius 2 is 2.28 bits per heavy atom. The number of rotatable bonds is 8. The minimum absolute atomic E-state index is 0.237. The first-order valence-electron chi connectivity index (χ1n) is 6.61. The van der Waals surface area contributed by atoms with Crippen molar-refractivity contribution in [1.82, 2.24) is 10.3 Å². The zero-order valence-corrected chi connectivity index (χ0v) is 11.7. The Hall–Kier alpha value is -1.35. The molecule has 3 nitrogen and oxygen atoms in total. The minimum atomic E-state index is 0.237. The maximum Gasteiger partial charge on any atom is 0.217 e. The van der Waals surface area contributed by atoms with E-state index in [9.17, 15) is 0 Å². The van der Waals surface area contributed by atoms with Crippen LogP contribution in [0.25, 0.3) is 0 Å². The third-order valence-electron chi connectivity index (χ3n) is 3.00. The van der Waals surface area contributed by atoms with E-state index in [1.807, 2.05) is 6.07 Å². The van der Waals surface area contributed by atoms with E-state index in [1.165, 1.54) is 5.57 Å². The Bertz CT molecular complexity index is 377. The van der Waals surface area contributed by atoms with Crippen molar-refractivity contribution < 1.29 is 4.74 Å². The predicted molar refractivity (Wildman–Crippen MR) is 75.9 cm³/mol. The van der Waals surface area contributed by atoms with Gasteiger partial charge in [-0.05, 0) is 31.9 Å².